The SMILES string of the molecule is O=C1C=C(NNC(=O)c2ccccc2)C[C@H](c2ccco2)C1. The lowest BCUT2D eigenvalue weighted by molar-refractivity contribution is -0.115. The third-order valence-corrected chi connectivity index (χ3v) is 3.57. The fraction of sp³-hybridized carbons (Fsp3) is 0.176. The molecule has 5 heteroatoms. The molecule has 22 heavy (non-hydrogen) atoms. The van der Waals surface area contributed by atoms with E-state index in [9.17, 15) is 9.59 Å². The minimum absolute atomic E-state index is 0.00336. The molecule has 1 aliphatic rings. The molecule has 0 radical (unpaired) electrons. The van der Waals surface area contributed by atoms with Crippen LogP contribution in [0.15, 0.2) is 64.9 Å². The van der Waals surface area contributed by atoms with E-state index in [1.807, 2.05) is 18.2 Å². The summed E-state index contributed by atoms with van der Waals surface area (Å²) >= 11 is 0. The van der Waals surface area contributed by atoms with Gasteiger partial charge in [0.1, 0.15) is 5.76 Å². The first-order valence-electron chi connectivity index (χ1n) is 7.10. The maximum absolute atomic E-state index is 12.0. The molecule has 0 saturated carbocycles. The number of carbonyl (C=O) groups excluding carboxylic acids is 2. The van der Waals surface area contributed by atoms with Crippen molar-refractivity contribution < 1.29 is 14.0 Å². The number of hydrogen-bond donors (Lipinski definition) is 2. The Labute approximate surface area is 128 Å². The second kappa shape index (κ2) is 6.30. The molecule has 3 rings (SSSR count). The van der Waals surface area contributed by atoms with Crippen LogP contribution in [-0.2, 0) is 4.79 Å². The van der Waals surface area contributed by atoms with Gasteiger partial charge in [0.25, 0.3) is 5.91 Å². The molecule has 2 N–H and O–H groups in total. The zero-order valence-electron chi connectivity index (χ0n) is 11.9. The molecular formula is C17H16N2O3. The van der Waals surface area contributed by atoms with E-state index in [0.717, 1.165) is 5.76 Å². The minimum Gasteiger partial charge on any atom is -0.469 e. The highest BCUT2D eigenvalue weighted by atomic mass is 16.3. The zero-order valence-corrected chi connectivity index (χ0v) is 11.9. The highest BCUT2D eigenvalue weighted by molar-refractivity contribution is 5.94. The third kappa shape index (κ3) is 3.25. The Bertz CT molecular complexity index is 690. The molecule has 1 amide bonds. The first-order valence-corrected chi connectivity index (χ1v) is 7.10. The number of hydrogen-bond acceptors (Lipinski definition) is 4. The molecule has 0 spiro atoms. The number of amides is 1. The van der Waals surface area contributed by atoms with E-state index in [1.54, 1.807) is 30.5 Å². The van der Waals surface area contributed by atoms with Crippen molar-refractivity contribution in [3.05, 3.63) is 71.8 Å². The number of allylic oxidation sites excluding steroid dienone is 2. The zero-order chi connectivity index (χ0) is 15.4. The second-order valence-corrected chi connectivity index (χ2v) is 5.20. The number of carbonyl (C=O) groups is 2. The molecule has 2 aromatic rings. The Morgan fingerprint density at radius 2 is 1.91 bits per heavy atom. The van der Waals surface area contributed by atoms with E-state index in [1.165, 1.54) is 6.08 Å². The van der Waals surface area contributed by atoms with Crippen LogP contribution in [0.4, 0.5) is 0 Å². The van der Waals surface area contributed by atoms with Gasteiger partial charge in [-0.2, -0.15) is 0 Å². The Balaban J connectivity index is 1.62. The summed E-state index contributed by atoms with van der Waals surface area (Å²) in [6, 6.07) is 12.6. The molecule has 5 nitrogen and oxygen atoms in total. The standard InChI is InChI=1S/C17H16N2O3/c20-15-10-13(16-7-4-8-22-16)9-14(11-15)18-19-17(21)12-5-2-1-3-6-12/h1-8,11,13,18H,9-10H2,(H,19,21)/t13-/m0/s1. The van der Waals surface area contributed by atoms with Gasteiger partial charge in [0.2, 0.25) is 0 Å². The number of nitrogens with one attached hydrogen (secondary N) is 2. The van der Waals surface area contributed by atoms with E-state index in [2.05, 4.69) is 10.9 Å². The quantitative estimate of drug-likeness (QED) is 0.851. The van der Waals surface area contributed by atoms with Gasteiger partial charge in [-0.05, 0) is 30.7 Å². The number of hydrazine groups is 1. The summed E-state index contributed by atoms with van der Waals surface area (Å²) < 4.78 is 5.37. The molecule has 0 bridgehead atoms. The molecular weight excluding hydrogens is 280 g/mol. The lowest BCUT2D eigenvalue weighted by atomic mass is 9.89. The summed E-state index contributed by atoms with van der Waals surface area (Å²) in [6.45, 7) is 0. The molecule has 1 aromatic heterocycles. The topological polar surface area (TPSA) is 71.3 Å². The van der Waals surface area contributed by atoms with E-state index in [-0.39, 0.29) is 17.6 Å². The van der Waals surface area contributed by atoms with Crippen molar-refractivity contribution in [3.8, 4) is 0 Å². The smallest absolute Gasteiger partial charge is 0.269 e. The summed E-state index contributed by atoms with van der Waals surface area (Å²) in [4.78, 5) is 23.8. The summed E-state index contributed by atoms with van der Waals surface area (Å²) in [6.07, 6.45) is 4.17. The van der Waals surface area contributed by atoms with Gasteiger partial charge in [-0.1, -0.05) is 18.2 Å². The first kappa shape index (κ1) is 14.1. The van der Waals surface area contributed by atoms with Crippen molar-refractivity contribution in [2.45, 2.75) is 18.8 Å². The molecule has 1 heterocycles. The molecule has 0 fully saturated rings. The van der Waals surface area contributed by atoms with E-state index in [4.69, 9.17) is 4.42 Å². The van der Waals surface area contributed by atoms with Gasteiger partial charge >= 0.3 is 0 Å². The third-order valence-electron chi connectivity index (χ3n) is 3.57. The number of benzene rings is 1. The van der Waals surface area contributed by atoms with Gasteiger partial charge < -0.3 is 9.84 Å². The average molecular weight is 296 g/mol. The van der Waals surface area contributed by atoms with Crippen molar-refractivity contribution in [3.63, 3.8) is 0 Å². The Morgan fingerprint density at radius 3 is 2.64 bits per heavy atom. The predicted octanol–water partition coefficient (Wildman–Crippen LogP) is 2.54. The van der Waals surface area contributed by atoms with Crippen LogP contribution in [-0.4, -0.2) is 11.7 Å². The molecule has 1 atom stereocenters. The summed E-state index contributed by atoms with van der Waals surface area (Å²) in [5.74, 6) is 0.567. The van der Waals surface area contributed by atoms with Crippen LogP contribution >= 0.6 is 0 Å². The van der Waals surface area contributed by atoms with Gasteiger partial charge in [-0.25, -0.2) is 0 Å². The van der Waals surface area contributed by atoms with Crippen LogP contribution in [0, 0.1) is 0 Å². The van der Waals surface area contributed by atoms with Crippen molar-refractivity contribution in [2.24, 2.45) is 0 Å². The van der Waals surface area contributed by atoms with Crippen LogP contribution in [0.5, 0.6) is 0 Å². The molecule has 0 aliphatic heterocycles. The first-order chi connectivity index (χ1) is 10.7. The van der Waals surface area contributed by atoms with Gasteiger partial charge in [0.15, 0.2) is 5.78 Å². The van der Waals surface area contributed by atoms with Gasteiger partial charge in [0.05, 0.1) is 6.26 Å². The van der Waals surface area contributed by atoms with Crippen LogP contribution in [0.3, 0.4) is 0 Å². The number of furan rings is 1. The van der Waals surface area contributed by atoms with Crippen LogP contribution in [0.25, 0.3) is 0 Å². The molecule has 0 saturated heterocycles. The van der Waals surface area contributed by atoms with Crippen LogP contribution in [0.1, 0.15) is 34.9 Å². The maximum Gasteiger partial charge on any atom is 0.269 e. The summed E-state index contributed by atoms with van der Waals surface area (Å²) in [7, 11) is 0. The minimum atomic E-state index is -0.242. The lowest BCUT2D eigenvalue weighted by Gasteiger charge is -2.21. The summed E-state index contributed by atoms with van der Waals surface area (Å²) in [5, 5.41) is 0. The Morgan fingerprint density at radius 1 is 1.09 bits per heavy atom. The van der Waals surface area contributed by atoms with E-state index in [0.29, 0.717) is 24.1 Å². The summed E-state index contributed by atoms with van der Waals surface area (Å²) in [5.41, 5.74) is 6.69. The normalized spacial score (nSPS) is 17.7. The second-order valence-electron chi connectivity index (χ2n) is 5.20. The van der Waals surface area contributed by atoms with Gasteiger partial charge in [0, 0.05) is 29.7 Å². The monoisotopic (exact) mass is 296 g/mol. The van der Waals surface area contributed by atoms with E-state index >= 15 is 0 Å². The number of rotatable bonds is 4. The molecule has 0 unspecified atom stereocenters. The van der Waals surface area contributed by atoms with Crippen molar-refractivity contribution in [1.82, 2.24) is 10.9 Å². The molecule has 1 aromatic carbocycles. The fourth-order valence-electron chi connectivity index (χ4n) is 2.50. The molecule has 112 valence electrons. The van der Waals surface area contributed by atoms with Crippen molar-refractivity contribution >= 4 is 11.7 Å². The number of ketones is 1. The van der Waals surface area contributed by atoms with Crippen LogP contribution in [0.2, 0.25) is 0 Å². The average Bonchev–Trinajstić information content (AvgIpc) is 3.07. The van der Waals surface area contributed by atoms with E-state index < -0.39 is 0 Å². The van der Waals surface area contributed by atoms with Gasteiger partial charge in [-0.15, -0.1) is 0 Å². The van der Waals surface area contributed by atoms with Gasteiger partial charge in [-0.3, -0.25) is 15.0 Å². The fourth-order valence-corrected chi connectivity index (χ4v) is 2.50. The Hall–Kier alpha value is -2.82. The molecule has 1 aliphatic carbocycles. The lowest BCUT2D eigenvalue weighted by Crippen LogP contribution is -2.38. The van der Waals surface area contributed by atoms with Crippen LogP contribution < -0.4 is 10.9 Å². The Kier molecular flexibility index (Phi) is 4.05. The van der Waals surface area contributed by atoms with Crippen molar-refractivity contribution in [2.75, 3.05) is 0 Å². The predicted molar refractivity (Wildman–Crippen MR) is 80.8 cm³/mol. The highest BCUT2D eigenvalue weighted by Crippen LogP contribution is 2.30. The van der Waals surface area contributed by atoms with Crippen molar-refractivity contribution in [1.29, 1.82) is 0 Å². The largest absolute Gasteiger partial charge is 0.469 e. The maximum atomic E-state index is 12.0. The highest BCUT2D eigenvalue weighted by Gasteiger charge is 2.24.